The van der Waals surface area contributed by atoms with Crippen LogP contribution in [-0.2, 0) is 11.3 Å². The standard InChI is InChI=1S/C17H22N2O2/c1-11(2)12-6-5-7-13-14(12)10-19(17(13)21)15-8-3-4-9-18-16(15)20/h5-7,11,15H,3-4,8-10H2,1-2H3,(H,18,20)/t15-/m0/s1. The van der Waals surface area contributed by atoms with Gasteiger partial charge in [-0.1, -0.05) is 26.0 Å². The Labute approximate surface area is 125 Å². The Kier molecular flexibility index (Phi) is 3.70. The lowest BCUT2D eigenvalue weighted by molar-refractivity contribution is -0.125. The summed E-state index contributed by atoms with van der Waals surface area (Å²) in [5.41, 5.74) is 3.10. The van der Waals surface area contributed by atoms with Gasteiger partial charge in [-0.15, -0.1) is 0 Å². The van der Waals surface area contributed by atoms with Crippen molar-refractivity contribution in [3.05, 3.63) is 34.9 Å². The second-order valence-corrected chi connectivity index (χ2v) is 6.26. The molecule has 3 rings (SSSR count). The van der Waals surface area contributed by atoms with E-state index in [-0.39, 0.29) is 17.9 Å². The minimum Gasteiger partial charge on any atom is -0.354 e. The zero-order valence-electron chi connectivity index (χ0n) is 12.7. The highest BCUT2D eigenvalue weighted by atomic mass is 16.2. The molecular formula is C17H22N2O2. The smallest absolute Gasteiger partial charge is 0.255 e. The lowest BCUT2D eigenvalue weighted by Gasteiger charge is -2.25. The SMILES string of the molecule is CC(C)c1cccc2c1CN([C@H]1CCCCNC1=O)C2=O. The van der Waals surface area contributed by atoms with Crippen LogP contribution in [0, 0.1) is 0 Å². The van der Waals surface area contributed by atoms with Gasteiger partial charge in [0.05, 0.1) is 0 Å². The average Bonchev–Trinajstić information content (AvgIpc) is 2.65. The van der Waals surface area contributed by atoms with Crippen molar-refractivity contribution in [1.82, 2.24) is 10.2 Å². The molecular weight excluding hydrogens is 264 g/mol. The Morgan fingerprint density at radius 3 is 2.81 bits per heavy atom. The first-order chi connectivity index (χ1) is 10.1. The van der Waals surface area contributed by atoms with Crippen molar-refractivity contribution in [2.24, 2.45) is 0 Å². The molecule has 0 aliphatic carbocycles. The van der Waals surface area contributed by atoms with Crippen LogP contribution in [0.25, 0.3) is 0 Å². The van der Waals surface area contributed by atoms with Crippen molar-refractivity contribution in [3.8, 4) is 0 Å². The van der Waals surface area contributed by atoms with Crippen LogP contribution in [-0.4, -0.2) is 29.3 Å². The second kappa shape index (κ2) is 5.51. The van der Waals surface area contributed by atoms with E-state index in [1.54, 1.807) is 4.90 Å². The molecule has 4 nitrogen and oxygen atoms in total. The van der Waals surface area contributed by atoms with Crippen LogP contribution in [0.3, 0.4) is 0 Å². The molecule has 0 unspecified atom stereocenters. The number of amides is 2. The average molecular weight is 286 g/mol. The summed E-state index contributed by atoms with van der Waals surface area (Å²) in [6.07, 6.45) is 2.75. The van der Waals surface area contributed by atoms with Gasteiger partial charge in [-0.2, -0.15) is 0 Å². The first-order valence-electron chi connectivity index (χ1n) is 7.80. The number of nitrogens with zero attached hydrogens (tertiary/aromatic N) is 1. The predicted molar refractivity (Wildman–Crippen MR) is 81.1 cm³/mol. The van der Waals surface area contributed by atoms with Gasteiger partial charge >= 0.3 is 0 Å². The minimum absolute atomic E-state index is 0.000229. The summed E-state index contributed by atoms with van der Waals surface area (Å²) >= 11 is 0. The third-order valence-corrected chi connectivity index (χ3v) is 4.54. The topological polar surface area (TPSA) is 49.4 Å². The van der Waals surface area contributed by atoms with Crippen molar-refractivity contribution in [2.75, 3.05) is 6.54 Å². The van der Waals surface area contributed by atoms with Crippen LogP contribution in [0.1, 0.15) is 60.5 Å². The maximum atomic E-state index is 12.7. The Bertz CT molecular complexity index is 580. The number of carbonyl (C=O) groups excluding carboxylic acids is 2. The van der Waals surface area contributed by atoms with E-state index in [9.17, 15) is 9.59 Å². The molecule has 0 radical (unpaired) electrons. The van der Waals surface area contributed by atoms with Crippen LogP contribution in [0.4, 0.5) is 0 Å². The van der Waals surface area contributed by atoms with Crippen LogP contribution in [0.5, 0.6) is 0 Å². The van der Waals surface area contributed by atoms with Gasteiger partial charge in [0.15, 0.2) is 0 Å². The molecule has 1 atom stereocenters. The van der Waals surface area contributed by atoms with Gasteiger partial charge in [0, 0.05) is 18.7 Å². The molecule has 112 valence electrons. The summed E-state index contributed by atoms with van der Waals surface area (Å²) < 4.78 is 0. The van der Waals surface area contributed by atoms with Crippen molar-refractivity contribution >= 4 is 11.8 Å². The highest BCUT2D eigenvalue weighted by Gasteiger charge is 2.37. The minimum atomic E-state index is -0.313. The van der Waals surface area contributed by atoms with Crippen molar-refractivity contribution in [3.63, 3.8) is 0 Å². The molecule has 0 aromatic heterocycles. The molecule has 4 heteroatoms. The molecule has 1 aromatic carbocycles. The van der Waals surface area contributed by atoms with E-state index < -0.39 is 0 Å². The van der Waals surface area contributed by atoms with Crippen molar-refractivity contribution in [1.29, 1.82) is 0 Å². The molecule has 1 aromatic rings. The number of benzene rings is 1. The molecule has 1 fully saturated rings. The fraction of sp³-hybridized carbons (Fsp3) is 0.529. The number of rotatable bonds is 2. The summed E-state index contributed by atoms with van der Waals surface area (Å²) in [5.74, 6) is 0.393. The van der Waals surface area contributed by atoms with Gasteiger partial charge in [0.2, 0.25) is 5.91 Å². The molecule has 0 saturated carbocycles. The lowest BCUT2D eigenvalue weighted by Crippen LogP contribution is -2.45. The summed E-state index contributed by atoms with van der Waals surface area (Å²) in [5, 5.41) is 2.92. The van der Waals surface area contributed by atoms with Gasteiger partial charge in [-0.05, 0) is 42.4 Å². The summed E-state index contributed by atoms with van der Waals surface area (Å²) in [7, 11) is 0. The molecule has 0 spiro atoms. The van der Waals surface area contributed by atoms with Gasteiger partial charge < -0.3 is 10.2 Å². The first-order valence-corrected chi connectivity index (χ1v) is 7.80. The van der Waals surface area contributed by atoms with Crippen LogP contribution in [0.2, 0.25) is 0 Å². The Morgan fingerprint density at radius 2 is 2.05 bits per heavy atom. The molecule has 1 N–H and O–H groups in total. The van der Waals surface area contributed by atoms with E-state index in [1.807, 2.05) is 12.1 Å². The van der Waals surface area contributed by atoms with Crippen LogP contribution < -0.4 is 5.32 Å². The number of hydrogen-bond donors (Lipinski definition) is 1. The molecule has 2 aliphatic rings. The van der Waals surface area contributed by atoms with Crippen molar-refractivity contribution in [2.45, 2.75) is 51.6 Å². The van der Waals surface area contributed by atoms with Crippen molar-refractivity contribution < 1.29 is 9.59 Å². The normalized spacial score (nSPS) is 22.2. The third-order valence-electron chi connectivity index (χ3n) is 4.54. The Balaban J connectivity index is 1.92. The number of carbonyl (C=O) groups is 2. The quantitative estimate of drug-likeness (QED) is 0.907. The molecule has 2 aliphatic heterocycles. The van der Waals surface area contributed by atoms with E-state index in [0.717, 1.165) is 36.9 Å². The molecule has 0 bridgehead atoms. The zero-order chi connectivity index (χ0) is 15.0. The highest BCUT2D eigenvalue weighted by Crippen LogP contribution is 2.32. The summed E-state index contributed by atoms with van der Waals surface area (Å²) in [6, 6.07) is 5.61. The Hall–Kier alpha value is -1.84. The van der Waals surface area contributed by atoms with E-state index >= 15 is 0 Å². The summed E-state index contributed by atoms with van der Waals surface area (Å²) in [6.45, 7) is 5.57. The largest absolute Gasteiger partial charge is 0.354 e. The first kappa shape index (κ1) is 14.1. The number of nitrogens with one attached hydrogen (secondary N) is 1. The summed E-state index contributed by atoms with van der Waals surface area (Å²) in [4.78, 5) is 26.6. The second-order valence-electron chi connectivity index (χ2n) is 6.26. The van der Waals surface area contributed by atoms with E-state index in [2.05, 4.69) is 25.2 Å². The van der Waals surface area contributed by atoms with Gasteiger partial charge in [0.1, 0.15) is 6.04 Å². The predicted octanol–water partition coefficient (Wildman–Crippen LogP) is 2.43. The number of fused-ring (bicyclic) bond motifs is 1. The monoisotopic (exact) mass is 286 g/mol. The van der Waals surface area contributed by atoms with Gasteiger partial charge in [0.25, 0.3) is 5.91 Å². The molecule has 2 heterocycles. The zero-order valence-corrected chi connectivity index (χ0v) is 12.7. The highest BCUT2D eigenvalue weighted by molar-refractivity contribution is 6.01. The fourth-order valence-corrected chi connectivity index (χ4v) is 3.39. The van der Waals surface area contributed by atoms with Crippen LogP contribution in [0.15, 0.2) is 18.2 Å². The van der Waals surface area contributed by atoms with E-state index in [1.165, 1.54) is 5.56 Å². The van der Waals surface area contributed by atoms with Gasteiger partial charge in [-0.3, -0.25) is 9.59 Å². The molecule has 2 amide bonds. The molecule has 1 saturated heterocycles. The molecule has 21 heavy (non-hydrogen) atoms. The third kappa shape index (κ3) is 2.43. The number of hydrogen-bond acceptors (Lipinski definition) is 2. The Morgan fingerprint density at radius 1 is 1.24 bits per heavy atom. The van der Waals surface area contributed by atoms with Crippen LogP contribution >= 0.6 is 0 Å². The van der Waals surface area contributed by atoms with E-state index in [0.29, 0.717) is 12.5 Å². The maximum absolute atomic E-state index is 12.7. The van der Waals surface area contributed by atoms with Gasteiger partial charge in [-0.25, -0.2) is 0 Å². The maximum Gasteiger partial charge on any atom is 0.255 e. The fourth-order valence-electron chi connectivity index (χ4n) is 3.39. The van der Waals surface area contributed by atoms with E-state index in [4.69, 9.17) is 0 Å². The lowest BCUT2D eigenvalue weighted by atomic mass is 9.95.